The van der Waals surface area contributed by atoms with Gasteiger partial charge in [-0.3, -0.25) is 4.79 Å². The maximum atomic E-state index is 11.7. The van der Waals surface area contributed by atoms with Gasteiger partial charge in [-0.15, -0.1) is 0 Å². The zero-order valence-electron chi connectivity index (χ0n) is 8.34. The number of carbonyl (C=O) groups excluding carboxylic acids is 1. The van der Waals surface area contributed by atoms with Crippen LogP contribution in [0, 0.1) is 0 Å². The van der Waals surface area contributed by atoms with Crippen LogP contribution in [0.15, 0.2) is 11.3 Å². The number of likely N-dealkylation sites (tertiary alicyclic amines) is 2. The average molecular weight is 180 g/mol. The van der Waals surface area contributed by atoms with Crippen LogP contribution in [0.4, 0.5) is 0 Å². The van der Waals surface area contributed by atoms with E-state index in [-0.39, 0.29) is 5.91 Å². The monoisotopic (exact) mass is 180 g/mol. The first-order chi connectivity index (χ1) is 6.20. The molecule has 0 spiro atoms. The second-order valence-corrected chi connectivity index (χ2v) is 3.93. The van der Waals surface area contributed by atoms with E-state index in [1.807, 2.05) is 11.9 Å². The van der Waals surface area contributed by atoms with Crippen molar-refractivity contribution in [3.63, 3.8) is 0 Å². The Morgan fingerprint density at radius 1 is 1.08 bits per heavy atom. The predicted molar refractivity (Wildman–Crippen MR) is 51.1 cm³/mol. The van der Waals surface area contributed by atoms with Crippen LogP contribution in [0.3, 0.4) is 0 Å². The maximum Gasteiger partial charge on any atom is 0.251 e. The smallest absolute Gasteiger partial charge is 0.251 e. The topological polar surface area (TPSA) is 23.6 Å². The van der Waals surface area contributed by atoms with Gasteiger partial charge in [-0.1, -0.05) is 0 Å². The van der Waals surface area contributed by atoms with Crippen LogP contribution in [-0.2, 0) is 4.79 Å². The lowest BCUT2D eigenvalue weighted by atomic mass is 10.1. The first kappa shape index (κ1) is 8.60. The molecule has 2 aliphatic heterocycles. The van der Waals surface area contributed by atoms with Crippen molar-refractivity contribution in [1.82, 2.24) is 9.80 Å². The number of allylic oxidation sites excluding steroid dienone is 1. The molecule has 13 heavy (non-hydrogen) atoms. The Bertz CT molecular complexity index is 270. The molecule has 0 bridgehead atoms. The lowest BCUT2D eigenvalue weighted by molar-refractivity contribution is -0.123. The van der Waals surface area contributed by atoms with E-state index in [9.17, 15) is 4.79 Å². The molecule has 72 valence electrons. The van der Waals surface area contributed by atoms with Crippen LogP contribution in [0.2, 0.25) is 0 Å². The molecule has 0 aromatic heterocycles. The predicted octanol–water partition coefficient (Wildman–Crippen LogP) is 0.828. The second-order valence-electron chi connectivity index (χ2n) is 3.93. The fourth-order valence-electron chi connectivity index (χ4n) is 2.18. The molecule has 2 heterocycles. The third-order valence-electron chi connectivity index (χ3n) is 3.02. The normalized spacial score (nSPS) is 29.2. The summed E-state index contributed by atoms with van der Waals surface area (Å²) in [5, 5.41) is 0. The van der Waals surface area contributed by atoms with Crippen LogP contribution in [-0.4, -0.2) is 42.9 Å². The van der Waals surface area contributed by atoms with Crippen molar-refractivity contribution < 1.29 is 4.79 Å². The molecule has 2 rings (SSSR count). The van der Waals surface area contributed by atoms with Crippen molar-refractivity contribution in [3.05, 3.63) is 11.3 Å². The van der Waals surface area contributed by atoms with E-state index in [1.54, 1.807) is 0 Å². The fourth-order valence-corrected chi connectivity index (χ4v) is 2.18. The quantitative estimate of drug-likeness (QED) is 0.515. The molecule has 0 unspecified atom stereocenters. The summed E-state index contributed by atoms with van der Waals surface area (Å²) in [6.45, 7) is 2.00. The molecule has 0 N–H and O–H groups in total. The van der Waals surface area contributed by atoms with Crippen LogP contribution >= 0.6 is 0 Å². The molecule has 2 saturated heterocycles. The largest absolute Gasteiger partial charge is 0.377 e. The number of likely N-dealkylation sites (N-methyl/N-ethyl adjacent to an activating group) is 1. The number of hydrogen-bond donors (Lipinski definition) is 0. The molecule has 3 nitrogen and oxygen atoms in total. The molecule has 2 aliphatic rings. The third-order valence-corrected chi connectivity index (χ3v) is 3.02. The van der Waals surface area contributed by atoms with E-state index in [0.29, 0.717) is 0 Å². The molecule has 3 heteroatoms. The van der Waals surface area contributed by atoms with Gasteiger partial charge in [0.1, 0.15) is 0 Å². The van der Waals surface area contributed by atoms with Gasteiger partial charge in [0.2, 0.25) is 0 Å². The summed E-state index contributed by atoms with van der Waals surface area (Å²) in [7, 11) is 3.96. The highest BCUT2D eigenvalue weighted by Crippen LogP contribution is 2.28. The van der Waals surface area contributed by atoms with E-state index in [0.717, 1.165) is 31.5 Å². The number of amides is 1. The van der Waals surface area contributed by atoms with Gasteiger partial charge in [-0.25, -0.2) is 0 Å². The second kappa shape index (κ2) is 3.05. The van der Waals surface area contributed by atoms with Crippen LogP contribution in [0.5, 0.6) is 0 Å². The van der Waals surface area contributed by atoms with Gasteiger partial charge in [0.05, 0.1) is 0 Å². The SMILES string of the molecule is CN1CC/C(=C2/CCCN2C)C1=O. The number of rotatable bonds is 0. The zero-order chi connectivity index (χ0) is 9.42. The third kappa shape index (κ3) is 1.32. The van der Waals surface area contributed by atoms with E-state index >= 15 is 0 Å². The van der Waals surface area contributed by atoms with E-state index in [2.05, 4.69) is 11.9 Å². The van der Waals surface area contributed by atoms with Gasteiger partial charge < -0.3 is 9.80 Å². The van der Waals surface area contributed by atoms with Crippen LogP contribution in [0.25, 0.3) is 0 Å². The Morgan fingerprint density at radius 2 is 1.85 bits per heavy atom. The highest BCUT2D eigenvalue weighted by Gasteiger charge is 2.28. The molecule has 0 aromatic rings. The highest BCUT2D eigenvalue weighted by molar-refractivity contribution is 5.96. The van der Waals surface area contributed by atoms with Crippen molar-refractivity contribution in [2.24, 2.45) is 0 Å². The maximum absolute atomic E-state index is 11.7. The lowest BCUT2D eigenvalue weighted by Gasteiger charge is -2.15. The highest BCUT2D eigenvalue weighted by atomic mass is 16.2. The van der Waals surface area contributed by atoms with Crippen molar-refractivity contribution in [2.45, 2.75) is 19.3 Å². The zero-order valence-corrected chi connectivity index (χ0v) is 8.34. The average Bonchev–Trinajstić information content (AvgIpc) is 2.62. The lowest BCUT2D eigenvalue weighted by Crippen LogP contribution is -2.21. The molecule has 0 aliphatic carbocycles. The molecule has 1 amide bonds. The molecule has 0 radical (unpaired) electrons. The van der Waals surface area contributed by atoms with Gasteiger partial charge >= 0.3 is 0 Å². The Kier molecular flexibility index (Phi) is 2.02. The number of carbonyl (C=O) groups is 1. The van der Waals surface area contributed by atoms with Gasteiger partial charge in [-0.05, 0) is 19.3 Å². The molecule has 0 aromatic carbocycles. The minimum atomic E-state index is 0.240. The molecule has 2 fully saturated rings. The minimum absolute atomic E-state index is 0.240. The summed E-state index contributed by atoms with van der Waals surface area (Å²) >= 11 is 0. The van der Waals surface area contributed by atoms with Crippen molar-refractivity contribution in [3.8, 4) is 0 Å². The number of nitrogens with zero attached hydrogens (tertiary/aromatic N) is 2. The Balaban J connectivity index is 2.28. The van der Waals surface area contributed by atoms with Crippen molar-refractivity contribution in [1.29, 1.82) is 0 Å². The van der Waals surface area contributed by atoms with Crippen LogP contribution < -0.4 is 0 Å². The summed E-state index contributed by atoms with van der Waals surface area (Å²) < 4.78 is 0. The summed E-state index contributed by atoms with van der Waals surface area (Å²) in [5.74, 6) is 0.240. The summed E-state index contributed by atoms with van der Waals surface area (Å²) in [5.41, 5.74) is 2.34. The van der Waals surface area contributed by atoms with E-state index in [4.69, 9.17) is 0 Å². The van der Waals surface area contributed by atoms with Gasteiger partial charge in [-0.2, -0.15) is 0 Å². The first-order valence-electron chi connectivity index (χ1n) is 4.89. The minimum Gasteiger partial charge on any atom is -0.377 e. The van der Waals surface area contributed by atoms with Gasteiger partial charge in [0.25, 0.3) is 5.91 Å². The van der Waals surface area contributed by atoms with Crippen molar-refractivity contribution in [2.75, 3.05) is 27.2 Å². The molecular formula is C10H16N2O. The van der Waals surface area contributed by atoms with Gasteiger partial charge in [0.15, 0.2) is 0 Å². The number of hydrogen-bond acceptors (Lipinski definition) is 2. The Labute approximate surface area is 79.0 Å². The Morgan fingerprint density at radius 3 is 2.31 bits per heavy atom. The van der Waals surface area contributed by atoms with Gasteiger partial charge in [0, 0.05) is 38.5 Å². The first-order valence-corrected chi connectivity index (χ1v) is 4.89. The molecule has 0 saturated carbocycles. The van der Waals surface area contributed by atoms with E-state index < -0.39 is 0 Å². The fraction of sp³-hybridized carbons (Fsp3) is 0.700. The standard InChI is InChI=1S/C10H16N2O/c1-11-6-3-4-9(11)8-5-7-12(2)10(8)13/h3-7H2,1-2H3/b9-8+. The van der Waals surface area contributed by atoms with E-state index in [1.165, 1.54) is 12.1 Å². The van der Waals surface area contributed by atoms with Crippen LogP contribution in [0.1, 0.15) is 19.3 Å². The summed E-state index contributed by atoms with van der Waals surface area (Å²) in [6.07, 6.45) is 3.23. The van der Waals surface area contributed by atoms with Crippen molar-refractivity contribution >= 4 is 5.91 Å². The summed E-state index contributed by atoms with van der Waals surface area (Å²) in [4.78, 5) is 15.7. The summed E-state index contributed by atoms with van der Waals surface area (Å²) in [6, 6.07) is 0. The Hall–Kier alpha value is -0.990. The molecular weight excluding hydrogens is 164 g/mol. The molecule has 0 atom stereocenters.